The molecule has 3 aromatic carbocycles. The third-order valence-electron chi connectivity index (χ3n) is 5.56. The van der Waals surface area contributed by atoms with Gasteiger partial charge in [0.05, 0.1) is 0 Å². The maximum absolute atomic E-state index is 4.19. The van der Waals surface area contributed by atoms with Gasteiger partial charge in [-0.15, -0.1) is 26.3 Å². The predicted octanol–water partition coefficient (Wildman–Crippen LogP) is 9.46. The van der Waals surface area contributed by atoms with Crippen LogP contribution < -0.4 is 0 Å². The molecule has 1 aliphatic rings. The zero-order chi connectivity index (χ0) is 24.6. The van der Waals surface area contributed by atoms with Crippen molar-refractivity contribution in [2.75, 3.05) is 0 Å². The molecule has 172 valence electrons. The second-order valence-electron chi connectivity index (χ2n) is 8.12. The molecule has 4 rings (SSSR count). The van der Waals surface area contributed by atoms with Crippen LogP contribution in [-0.2, 0) is 12.8 Å². The van der Waals surface area contributed by atoms with Crippen LogP contribution in [0, 0.1) is 13.8 Å². The molecule has 1 atom stereocenters. The standard InChI is InChI=1S/C18H20.C11H12.2C2H4/c1-15-8-12-18(13-9-15)14-16(2)10-11-17-6-4-3-5-7-17;1-8-4-3-5-10-7-6-9(2)11(8)10;2*1-2/h3-9,12-13H,2,10-11,14H2,1H3;3-7,9H,1-2H3;2*1-2H2. The first-order valence-corrected chi connectivity index (χ1v) is 11.6. The molecule has 33 heavy (non-hydrogen) atoms. The first-order valence-electron chi connectivity index (χ1n) is 11.6. The van der Waals surface area contributed by atoms with E-state index in [-0.39, 0.29) is 0 Å². The Bertz CT molecular complexity index is 988. The smallest absolute Gasteiger partial charge is 0.000145 e. The molecule has 0 fully saturated rings. The van der Waals surface area contributed by atoms with Crippen molar-refractivity contribution in [2.45, 2.75) is 46.0 Å². The van der Waals surface area contributed by atoms with Gasteiger partial charge in [0.1, 0.15) is 0 Å². The van der Waals surface area contributed by atoms with E-state index in [0.29, 0.717) is 5.92 Å². The number of benzene rings is 3. The predicted molar refractivity (Wildman–Crippen MR) is 150 cm³/mol. The Balaban J connectivity index is 0.000000310. The summed E-state index contributed by atoms with van der Waals surface area (Å²) in [5.74, 6) is 0.617. The molecule has 0 saturated heterocycles. The van der Waals surface area contributed by atoms with E-state index in [2.05, 4.69) is 139 Å². The molecule has 0 N–H and O–H groups in total. The van der Waals surface area contributed by atoms with Crippen LogP contribution in [-0.4, -0.2) is 0 Å². The first kappa shape index (κ1) is 27.7. The topological polar surface area (TPSA) is 0 Å². The van der Waals surface area contributed by atoms with Crippen molar-refractivity contribution in [3.8, 4) is 0 Å². The Morgan fingerprint density at radius 2 is 1.39 bits per heavy atom. The summed E-state index contributed by atoms with van der Waals surface area (Å²) >= 11 is 0. The summed E-state index contributed by atoms with van der Waals surface area (Å²) in [6.45, 7) is 22.7. The summed E-state index contributed by atoms with van der Waals surface area (Å²) in [6, 6.07) is 25.8. The third-order valence-corrected chi connectivity index (χ3v) is 5.56. The summed E-state index contributed by atoms with van der Waals surface area (Å²) in [4.78, 5) is 0. The lowest BCUT2D eigenvalue weighted by Crippen LogP contribution is -1.93. The van der Waals surface area contributed by atoms with E-state index >= 15 is 0 Å². The van der Waals surface area contributed by atoms with E-state index < -0.39 is 0 Å². The lowest BCUT2D eigenvalue weighted by Gasteiger charge is -2.07. The monoisotopic (exact) mass is 436 g/mol. The zero-order valence-electron chi connectivity index (χ0n) is 20.8. The van der Waals surface area contributed by atoms with Gasteiger partial charge in [0.2, 0.25) is 0 Å². The minimum absolute atomic E-state index is 0.617. The Morgan fingerprint density at radius 1 is 0.758 bits per heavy atom. The lowest BCUT2D eigenvalue weighted by atomic mass is 9.97. The van der Waals surface area contributed by atoms with Gasteiger partial charge in [-0.2, -0.15) is 0 Å². The summed E-state index contributed by atoms with van der Waals surface area (Å²) in [7, 11) is 0. The molecule has 0 amide bonds. The van der Waals surface area contributed by atoms with Crippen molar-refractivity contribution in [2.24, 2.45) is 0 Å². The summed E-state index contributed by atoms with van der Waals surface area (Å²) in [5.41, 5.74) is 9.70. The number of hydrogen-bond donors (Lipinski definition) is 0. The highest BCUT2D eigenvalue weighted by molar-refractivity contribution is 5.63. The maximum Gasteiger partial charge on any atom is 0.000145 e. The summed E-state index contributed by atoms with van der Waals surface area (Å²) in [5, 5.41) is 0. The molecule has 0 bridgehead atoms. The minimum atomic E-state index is 0.617. The molecule has 0 saturated carbocycles. The van der Waals surface area contributed by atoms with Gasteiger partial charge >= 0.3 is 0 Å². The number of allylic oxidation sites excluding steroid dienone is 2. The van der Waals surface area contributed by atoms with E-state index in [0.717, 1.165) is 19.3 Å². The second kappa shape index (κ2) is 15.4. The van der Waals surface area contributed by atoms with Crippen molar-refractivity contribution < 1.29 is 0 Å². The van der Waals surface area contributed by atoms with Gasteiger partial charge in [0, 0.05) is 5.92 Å². The molecule has 0 aromatic heterocycles. The first-order chi connectivity index (χ1) is 16.0. The van der Waals surface area contributed by atoms with E-state index in [9.17, 15) is 0 Å². The Labute approximate surface area is 202 Å². The van der Waals surface area contributed by atoms with E-state index in [4.69, 9.17) is 0 Å². The Hall–Kier alpha value is -3.38. The molecule has 0 spiro atoms. The SMILES string of the molecule is C=C.C=C.C=C(CCc1ccccc1)Cc1ccc(C)cc1.Cc1cccc2c1C(C)C=C2. The zero-order valence-corrected chi connectivity index (χ0v) is 20.8. The van der Waals surface area contributed by atoms with Gasteiger partial charge in [-0.3, -0.25) is 0 Å². The maximum atomic E-state index is 4.19. The molecule has 0 aliphatic heterocycles. The van der Waals surface area contributed by atoms with Crippen molar-refractivity contribution in [1.82, 2.24) is 0 Å². The fraction of sp³-hybridized carbons (Fsp3) is 0.212. The summed E-state index contributed by atoms with van der Waals surface area (Å²) in [6.07, 6.45) is 7.63. The van der Waals surface area contributed by atoms with Gasteiger partial charge in [0.25, 0.3) is 0 Å². The highest BCUT2D eigenvalue weighted by Gasteiger charge is 2.13. The van der Waals surface area contributed by atoms with Crippen LogP contribution in [0.4, 0.5) is 0 Å². The Morgan fingerprint density at radius 3 is 2.00 bits per heavy atom. The highest BCUT2D eigenvalue weighted by atomic mass is 14.2. The van der Waals surface area contributed by atoms with Crippen LogP contribution >= 0.6 is 0 Å². The van der Waals surface area contributed by atoms with E-state index in [1.165, 1.54) is 39.0 Å². The fourth-order valence-corrected chi connectivity index (χ4v) is 3.86. The van der Waals surface area contributed by atoms with Crippen LogP contribution in [0.5, 0.6) is 0 Å². The molecule has 0 heteroatoms. The molecule has 3 aromatic rings. The van der Waals surface area contributed by atoms with E-state index in [1.54, 1.807) is 0 Å². The number of rotatable bonds is 5. The highest BCUT2D eigenvalue weighted by Crippen LogP contribution is 2.31. The number of hydrogen-bond acceptors (Lipinski definition) is 0. The van der Waals surface area contributed by atoms with Gasteiger partial charge in [-0.25, -0.2) is 0 Å². The lowest BCUT2D eigenvalue weighted by molar-refractivity contribution is 0.904. The third kappa shape index (κ3) is 9.33. The van der Waals surface area contributed by atoms with Gasteiger partial charge in [-0.05, 0) is 60.9 Å². The molecular formula is C33H40. The van der Waals surface area contributed by atoms with Crippen LogP contribution in [0.15, 0.2) is 117 Å². The van der Waals surface area contributed by atoms with Crippen LogP contribution in [0.25, 0.3) is 6.08 Å². The average Bonchev–Trinajstić information content (AvgIpc) is 3.25. The molecular weight excluding hydrogens is 396 g/mol. The molecule has 0 nitrogen and oxygen atoms in total. The summed E-state index contributed by atoms with van der Waals surface area (Å²) < 4.78 is 0. The molecule has 0 heterocycles. The number of fused-ring (bicyclic) bond motifs is 1. The van der Waals surface area contributed by atoms with Crippen molar-refractivity contribution in [3.05, 3.63) is 151 Å². The van der Waals surface area contributed by atoms with Crippen molar-refractivity contribution in [3.63, 3.8) is 0 Å². The molecule has 1 unspecified atom stereocenters. The quantitative estimate of drug-likeness (QED) is 0.349. The van der Waals surface area contributed by atoms with Crippen LogP contribution in [0.2, 0.25) is 0 Å². The largest absolute Gasteiger partial charge is 0.106 e. The van der Waals surface area contributed by atoms with Gasteiger partial charge in [0.15, 0.2) is 0 Å². The van der Waals surface area contributed by atoms with E-state index in [1.807, 2.05) is 0 Å². The van der Waals surface area contributed by atoms with Gasteiger partial charge < -0.3 is 0 Å². The minimum Gasteiger partial charge on any atom is -0.106 e. The second-order valence-corrected chi connectivity index (χ2v) is 8.12. The normalized spacial score (nSPS) is 12.6. The van der Waals surface area contributed by atoms with Crippen LogP contribution in [0.3, 0.4) is 0 Å². The fourth-order valence-electron chi connectivity index (χ4n) is 3.86. The van der Waals surface area contributed by atoms with Gasteiger partial charge in [-0.1, -0.05) is 110 Å². The molecule has 0 radical (unpaired) electrons. The molecule has 1 aliphatic carbocycles. The number of aryl methyl sites for hydroxylation is 3. The van der Waals surface area contributed by atoms with Crippen molar-refractivity contribution >= 4 is 6.08 Å². The Kier molecular flexibility index (Phi) is 12.9. The van der Waals surface area contributed by atoms with Crippen molar-refractivity contribution in [1.29, 1.82) is 0 Å². The van der Waals surface area contributed by atoms with Crippen LogP contribution in [0.1, 0.15) is 52.6 Å². The average molecular weight is 437 g/mol.